The number of hydrogen-bond acceptors (Lipinski definition) is 3. The highest BCUT2D eigenvalue weighted by atomic mass is 79.9. The van der Waals surface area contributed by atoms with Gasteiger partial charge in [0.15, 0.2) is 5.82 Å². The summed E-state index contributed by atoms with van der Waals surface area (Å²) >= 11 is 16.9. The number of benzene rings is 2. The van der Waals surface area contributed by atoms with Crippen molar-refractivity contribution in [2.75, 3.05) is 0 Å². The Hall–Kier alpha value is -1.66. The van der Waals surface area contributed by atoms with Crippen molar-refractivity contribution in [1.82, 2.24) is 9.55 Å². The molecule has 0 saturated heterocycles. The fourth-order valence-electron chi connectivity index (χ4n) is 2.74. The van der Waals surface area contributed by atoms with Crippen molar-refractivity contribution in [3.8, 4) is 10.7 Å². The van der Waals surface area contributed by atoms with Crippen LogP contribution in [0.4, 0.5) is 0 Å². The molecule has 4 rings (SSSR count). The molecule has 26 heavy (non-hydrogen) atoms. The third-order valence-electron chi connectivity index (χ3n) is 3.96. The Morgan fingerprint density at radius 1 is 1.04 bits per heavy atom. The zero-order valence-corrected chi connectivity index (χ0v) is 17.2. The Bertz CT molecular complexity index is 1170. The number of fused-ring (bicyclic) bond motifs is 1. The Kier molecular flexibility index (Phi) is 4.88. The molecule has 0 radical (unpaired) electrons. The Morgan fingerprint density at radius 3 is 2.50 bits per heavy atom. The van der Waals surface area contributed by atoms with Crippen LogP contribution in [0.2, 0.25) is 9.36 Å². The van der Waals surface area contributed by atoms with Gasteiger partial charge in [-0.1, -0.05) is 51.3 Å². The highest BCUT2D eigenvalue weighted by Crippen LogP contribution is 2.31. The van der Waals surface area contributed by atoms with E-state index in [-0.39, 0.29) is 5.56 Å². The molecule has 130 valence electrons. The maximum Gasteiger partial charge on any atom is 0.261 e. The molecule has 0 spiro atoms. The first-order chi connectivity index (χ1) is 12.5. The normalized spacial score (nSPS) is 11.2. The van der Waals surface area contributed by atoms with E-state index in [0.29, 0.717) is 32.6 Å². The average molecular weight is 466 g/mol. The molecule has 7 heteroatoms. The van der Waals surface area contributed by atoms with Crippen LogP contribution in [-0.4, -0.2) is 9.55 Å². The Labute approximate surface area is 172 Å². The van der Waals surface area contributed by atoms with Gasteiger partial charge in [0.05, 0.1) is 26.7 Å². The minimum Gasteiger partial charge on any atom is -0.287 e. The molecule has 0 fully saturated rings. The molecule has 2 aromatic carbocycles. The molecular formula is C19H11BrCl2N2OS. The summed E-state index contributed by atoms with van der Waals surface area (Å²) in [6.45, 7) is 0.403. The first-order valence-corrected chi connectivity index (χ1v) is 10.1. The van der Waals surface area contributed by atoms with Gasteiger partial charge in [-0.3, -0.25) is 9.36 Å². The highest BCUT2D eigenvalue weighted by molar-refractivity contribution is 9.10. The van der Waals surface area contributed by atoms with Crippen LogP contribution < -0.4 is 5.56 Å². The number of rotatable bonds is 3. The van der Waals surface area contributed by atoms with E-state index in [2.05, 4.69) is 15.9 Å². The van der Waals surface area contributed by atoms with Crippen molar-refractivity contribution in [3.05, 3.63) is 84.3 Å². The fourth-order valence-corrected chi connectivity index (χ4v) is 4.25. The maximum absolute atomic E-state index is 13.2. The minimum atomic E-state index is -0.0861. The van der Waals surface area contributed by atoms with E-state index in [1.807, 2.05) is 48.5 Å². The first kappa shape index (κ1) is 17.7. The summed E-state index contributed by atoms with van der Waals surface area (Å²) in [5.74, 6) is 0.604. The van der Waals surface area contributed by atoms with E-state index in [1.54, 1.807) is 10.6 Å². The second-order valence-electron chi connectivity index (χ2n) is 5.72. The van der Waals surface area contributed by atoms with Gasteiger partial charge in [-0.05, 0) is 48.0 Å². The lowest BCUT2D eigenvalue weighted by atomic mass is 10.2. The van der Waals surface area contributed by atoms with E-state index in [1.165, 1.54) is 11.3 Å². The second kappa shape index (κ2) is 7.16. The summed E-state index contributed by atoms with van der Waals surface area (Å²) in [5.41, 5.74) is 1.53. The fraction of sp³-hybridized carbons (Fsp3) is 0.0526. The van der Waals surface area contributed by atoms with Crippen molar-refractivity contribution in [3.63, 3.8) is 0 Å². The Balaban J connectivity index is 1.96. The van der Waals surface area contributed by atoms with Crippen molar-refractivity contribution in [2.45, 2.75) is 6.54 Å². The molecule has 0 amide bonds. The van der Waals surface area contributed by atoms with E-state index in [4.69, 9.17) is 28.2 Å². The number of hydrogen-bond donors (Lipinski definition) is 0. The lowest BCUT2D eigenvalue weighted by Crippen LogP contribution is -2.24. The summed E-state index contributed by atoms with van der Waals surface area (Å²) in [6, 6.07) is 16.6. The van der Waals surface area contributed by atoms with Crippen LogP contribution in [0.25, 0.3) is 21.6 Å². The lowest BCUT2D eigenvalue weighted by Gasteiger charge is -2.13. The predicted molar refractivity (Wildman–Crippen MR) is 113 cm³/mol. The van der Waals surface area contributed by atoms with Crippen LogP contribution in [0.15, 0.2) is 63.9 Å². The first-order valence-electron chi connectivity index (χ1n) is 7.71. The topological polar surface area (TPSA) is 34.9 Å². The third kappa shape index (κ3) is 3.45. The van der Waals surface area contributed by atoms with Crippen molar-refractivity contribution in [2.24, 2.45) is 0 Å². The maximum atomic E-state index is 13.2. The number of halogens is 3. The number of thiophene rings is 1. The van der Waals surface area contributed by atoms with Crippen molar-refractivity contribution >= 4 is 61.4 Å². The van der Waals surface area contributed by atoms with Crippen LogP contribution in [0, 0.1) is 0 Å². The summed E-state index contributed by atoms with van der Waals surface area (Å²) < 4.78 is 3.21. The lowest BCUT2D eigenvalue weighted by molar-refractivity contribution is 0.761. The van der Waals surface area contributed by atoms with E-state index >= 15 is 0 Å². The molecule has 0 atom stereocenters. The standard InChI is InChI=1S/C19H11BrCl2N2OS/c20-12-3-6-14-15(9-12)23-18(16-7-8-17(22)26-16)24(19(14)25)10-11-1-4-13(21)5-2-11/h1-9H,10H2. The largest absolute Gasteiger partial charge is 0.287 e. The van der Waals surface area contributed by atoms with E-state index in [0.717, 1.165) is 14.9 Å². The molecule has 0 N–H and O–H groups in total. The number of nitrogens with zero attached hydrogens (tertiary/aromatic N) is 2. The third-order valence-corrected chi connectivity index (χ3v) is 5.94. The summed E-state index contributed by atoms with van der Waals surface area (Å²) in [5, 5.41) is 1.24. The summed E-state index contributed by atoms with van der Waals surface area (Å²) in [7, 11) is 0. The SMILES string of the molecule is O=c1c2ccc(Br)cc2nc(-c2ccc(Cl)s2)n1Cc1ccc(Cl)cc1. The van der Waals surface area contributed by atoms with Gasteiger partial charge in [-0.15, -0.1) is 11.3 Å². The quantitative estimate of drug-likeness (QED) is 0.358. The van der Waals surface area contributed by atoms with E-state index < -0.39 is 0 Å². The van der Waals surface area contributed by atoms with Crippen LogP contribution in [-0.2, 0) is 6.54 Å². The number of aromatic nitrogens is 2. The summed E-state index contributed by atoms with van der Waals surface area (Å²) in [6.07, 6.45) is 0. The predicted octanol–water partition coefficient (Wildman–Crippen LogP) is 6.24. The molecule has 0 bridgehead atoms. The zero-order chi connectivity index (χ0) is 18.3. The highest BCUT2D eigenvalue weighted by Gasteiger charge is 2.15. The molecule has 2 aromatic heterocycles. The monoisotopic (exact) mass is 464 g/mol. The molecular weight excluding hydrogens is 455 g/mol. The van der Waals surface area contributed by atoms with E-state index in [9.17, 15) is 4.79 Å². The second-order valence-corrected chi connectivity index (χ2v) is 8.79. The van der Waals surface area contributed by atoms with Gasteiger partial charge < -0.3 is 0 Å². The molecule has 0 unspecified atom stereocenters. The van der Waals surface area contributed by atoms with Gasteiger partial charge in [0, 0.05) is 9.50 Å². The molecule has 3 nitrogen and oxygen atoms in total. The van der Waals surface area contributed by atoms with Gasteiger partial charge in [0.25, 0.3) is 5.56 Å². The smallest absolute Gasteiger partial charge is 0.261 e. The van der Waals surface area contributed by atoms with Gasteiger partial charge in [0.1, 0.15) is 0 Å². The molecule has 0 aliphatic heterocycles. The molecule has 0 aliphatic carbocycles. The average Bonchev–Trinajstić information content (AvgIpc) is 3.05. The van der Waals surface area contributed by atoms with Crippen LogP contribution in [0.5, 0.6) is 0 Å². The van der Waals surface area contributed by atoms with Gasteiger partial charge in [0.2, 0.25) is 0 Å². The molecule has 0 saturated carbocycles. The minimum absolute atomic E-state index is 0.0861. The molecule has 0 aliphatic rings. The Morgan fingerprint density at radius 2 is 1.81 bits per heavy atom. The van der Waals surface area contributed by atoms with Crippen LogP contribution in [0.1, 0.15) is 5.56 Å². The van der Waals surface area contributed by atoms with Crippen LogP contribution in [0.3, 0.4) is 0 Å². The van der Waals surface area contributed by atoms with Crippen molar-refractivity contribution in [1.29, 1.82) is 0 Å². The van der Waals surface area contributed by atoms with Gasteiger partial charge >= 0.3 is 0 Å². The summed E-state index contributed by atoms with van der Waals surface area (Å²) in [4.78, 5) is 18.8. The van der Waals surface area contributed by atoms with Crippen molar-refractivity contribution < 1.29 is 0 Å². The van der Waals surface area contributed by atoms with Gasteiger partial charge in [-0.25, -0.2) is 4.98 Å². The molecule has 2 heterocycles. The van der Waals surface area contributed by atoms with Gasteiger partial charge in [-0.2, -0.15) is 0 Å². The molecule has 4 aromatic rings. The van der Waals surface area contributed by atoms with Crippen LogP contribution >= 0.6 is 50.5 Å². The zero-order valence-electron chi connectivity index (χ0n) is 13.2.